The topological polar surface area (TPSA) is 42.2 Å². The van der Waals surface area contributed by atoms with Gasteiger partial charge in [-0.1, -0.05) is 13.8 Å². The fraction of sp³-hybridized carbons (Fsp3) is 0.583. The van der Waals surface area contributed by atoms with Crippen molar-refractivity contribution in [2.45, 2.75) is 20.4 Å². The Morgan fingerprint density at radius 1 is 1.44 bits per heavy atom. The quantitative estimate of drug-likeness (QED) is 0.906. The van der Waals surface area contributed by atoms with Crippen LogP contribution < -0.4 is 10.6 Å². The van der Waals surface area contributed by atoms with E-state index in [4.69, 9.17) is 5.73 Å². The molecule has 4 heteroatoms. The summed E-state index contributed by atoms with van der Waals surface area (Å²) in [5, 5.41) is 0. The van der Waals surface area contributed by atoms with Crippen molar-refractivity contribution in [2.24, 2.45) is 17.6 Å². The number of halogens is 1. The smallest absolute Gasteiger partial charge is 0.133 e. The van der Waals surface area contributed by atoms with E-state index in [2.05, 4.69) is 45.7 Å². The molecule has 2 rings (SSSR count). The Balaban J connectivity index is 2.27. The summed E-state index contributed by atoms with van der Waals surface area (Å²) < 4.78 is 0.997. The predicted molar refractivity (Wildman–Crippen MR) is 70.4 cm³/mol. The molecule has 0 aliphatic carbocycles. The lowest BCUT2D eigenvalue weighted by atomic mass is 10.0. The van der Waals surface area contributed by atoms with Crippen LogP contribution in [0.1, 0.15) is 19.4 Å². The highest BCUT2D eigenvalue weighted by molar-refractivity contribution is 9.10. The molecule has 2 unspecified atom stereocenters. The van der Waals surface area contributed by atoms with Gasteiger partial charge in [0.2, 0.25) is 0 Å². The zero-order valence-electron chi connectivity index (χ0n) is 9.78. The Morgan fingerprint density at radius 2 is 2.06 bits per heavy atom. The van der Waals surface area contributed by atoms with Crippen molar-refractivity contribution < 1.29 is 0 Å². The van der Waals surface area contributed by atoms with Crippen molar-refractivity contribution in [3.8, 4) is 0 Å². The zero-order valence-corrected chi connectivity index (χ0v) is 11.4. The van der Waals surface area contributed by atoms with Crippen LogP contribution in [0.5, 0.6) is 0 Å². The van der Waals surface area contributed by atoms with Gasteiger partial charge in [0, 0.05) is 35.9 Å². The van der Waals surface area contributed by atoms with E-state index in [1.807, 2.05) is 6.20 Å². The molecule has 1 aromatic rings. The minimum absolute atomic E-state index is 0.543. The van der Waals surface area contributed by atoms with Gasteiger partial charge in [0.05, 0.1) is 0 Å². The van der Waals surface area contributed by atoms with E-state index in [-0.39, 0.29) is 0 Å². The third-order valence-electron chi connectivity index (χ3n) is 3.42. The van der Waals surface area contributed by atoms with Crippen LogP contribution in [-0.4, -0.2) is 18.1 Å². The van der Waals surface area contributed by atoms with Crippen molar-refractivity contribution in [1.29, 1.82) is 0 Å². The molecule has 1 fully saturated rings. The number of rotatable bonds is 2. The molecule has 0 amide bonds. The Labute approximate surface area is 105 Å². The Kier molecular flexibility index (Phi) is 3.50. The second-order valence-corrected chi connectivity index (χ2v) is 5.62. The SMILES string of the molecule is CC1CN(c2ncc(Br)cc2CN)CC1C. The summed E-state index contributed by atoms with van der Waals surface area (Å²) >= 11 is 3.43. The molecule has 1 aliphatic heterocycles. The largest absolute Gasteiger partial charge is 0.356 e. The molecule has 0 aromatic carbocycles. The lowest BCUT2D eigenvalue weighted by molar-refractivity contribution is 0.494. The summed E-state index contributed by atoms with van der Waals surface area (Å²) in [6, 6.07) is 2.07. The van der Waals surface area contributed by atoms with Gasteiger partial charge < -0.3 is 10.6 Å². The summed E-state index contributed by atoms with van der Waals surface area (Å²) in [6.45, 7) is 7.31. The third-order valence-corrected chi connectivity index (χ3v) is 3.85. The number of hydrogen-bond acceptors (Lipinski definition) is 3. The number of pyridine rings is 1. The molecule has 1 aliphatic rings. The first-order valence-electron chi connectivity index (χ1n) is 5.71. The van der Waals surface area contributed by atoms with Crippen molar-refractivity contribution in [3.05, 3.63) is 22.3 Å². The summed E-state index contributed by atoms with van der Waals surface area (Å²) in [5.74, 6) is 2.52. The average Bonchev–Trinajstić information content (AvgIpc) is 2.59. The number of aromatic nitrogens is 1. The van der Waals surface area contributed by atoms with Gasteiger partial charge in [0.15, 0.2) is 0 Å². The normalized spacial score (nSPS) is 25.1. The summed E-state index contributed by atoms with van der Waals surface area (Å²) in [5.41, 5.74) is 6.89. The van der Waals surface area contributed by atoms with Gasteiger partial charge in [-0.05, 0) is 33.8 Å². The Morgan fingerprint density at radius 3 is 2.62 bits per heavy atom. The van der Waals surface area contributed by atoms with Crippen LogP contribution in [0.3, 0.4) is 0 Å². The van der Waals surface area contributed by atoms with Crippen molar-refractivity contribution >= 4 is 21.7 Å². The Bertz CT molecular complexity index is 371. The lowest BCUT2D eigenvalue weighted by Crippen LogP contribution is -2.23. The molecule has 3 nitrogen and oxygen atoms in total. The molecule has 2 atom stereocenters. The number of nitrogens with two attached hydrogens (primary N) is 1. The number of anilines is 1. The van der Waals surface area contributed by atoms with Crippen molar-refractivity contribution in [2.75, 3.05) is 18.0 Å². The first kappa shape index (κ1) is 11.9. The molecule has 88 valence electrons. The second-order valence-electron chi connectivity index (χ2n) is 4.70. The molecular weight excluding hydrogens is 266 g/mol. The molecule has 16 heavy (non-hydrogen) atoms. The number of nitrogens with zero attached hydrogens (tertiary/aromatic N) is 2. The summed E-state index contributed by atoms with van der Waals surface area (Å²) in [7, 11) is 0. The minimum atomic E-state index is 0.543. The van der Waals surface area contributed by atoms with Gasteiger partial charge in [-0.25, -0.2) is 4.98 Å². The van der Waals surface area contributed by atoms with Crippen LogP contribution >= 0.6 is 15.9 Å². The van der Waals surface area contributed by atoms with E-state index in [1.165, 1.54) is 0 Å². The van der Waals surface area contributed by atoms with Crippen LogP contribution in [0.4, 0.5) is 5.82 Å². The molecular formula is C12H18BrN3. The lowest BCUT2D eigenvalue weighted by Gasteiger charge is -2.20. The highest BCUT2D eigenvalue weighted by Crippen LogP contribution is 2.29. The monoisotopic (exact) mass is 283 g/mol. The van der Waals surface area contributed by atoms with Gasteiger partial charge in [-0.3, -0.25) is 0 Å². The second kappa shape index (κ2) is 4.72. The maximum atomic E-state index is 5.77. The molecule has 0 bridgehead atoms. The molecule has 2 heterocycles. The summed E-state index contributed by atoms with van der Waals surface area (Å²) in [4.78, 5) is 6.85. The molecule has 2 N–H and O–H groups in total. The molecule has 1 aromatic heterocycles. The van der Waals surface area contributed by atoms with E-state index >= 15 is 0 Å². The van der Waals surface area contributed by atoms with Gasteiger partial charge in [-0.2, -0.15) is 0 Å². The maximum Gasteiger partial charge on any atom is 0.133 e. The Hall–Kier alpha value is -0.610. The van der Waals surface area contributed by atoms with E-state index < -0.39 is 0 Å². The van der Waals surface area contributed by atoms with Crippen LogP contribution in [0.25, 0.3) is 0 Å². The first-order valence-corrected chi connectivity index (χ1v) is 6.50. The highest BCUT2D eigenvalue weighted by atomic mass is 79.9. The van der Waals surface area contributed by atoms with Gasteiger partial charge in [-0.15, -0.1) is 0 Å². The fourth-order valence-electron chi connectivity index (χ4n) is 2.21. The molecule has 1 saturated heterocycles. The van der Waals surface area contributed by atoms with E-state index in [9.17, 15) is 0 Å². The van der Waals surface area contributed by atoms with Crippen molar-refractivity contribution in [1.82, 2.24) is 4.98 Å². The first-order chi connectivity index (χ1) is 7.61. The summed E-state index contributed by atoms with van der Waals surface area (Å²) in [6.07, 6.45) is 1.85. The predicted octanol–water partition coefficient (Wildman–Crippen LogP) is 2.40. The van der Waals surface area contributed by atoms with Crippen LogP contribution in [0.2, 0.25) is 0 Å². The molecule has 0 spiro atoms. The molecule has 0 radical (unpaired) electrons. The minimum Gasteiger partial charge on any atom is -0.356 e. The third kappa shape index (κ3) is 2.23. The van der Waals surface area contributed by atoms with Crippen LogP contribution in [-0.2, 0) is 6.54 Å². The van der Waals surface area contributed by atoms with E-state index in [0.717, 1.165) is 40.8 Å². The zero-order chi connectivity index (χ0) is 11.7. The van der Waals surface area contributed by atoms with Gasteiger partial charge >= 0.3 is 0 Å². The van der Waals surface area contributed by atoms with Crippen LogP contribution in [0.15, 0.2) is 16.7 Å². The maximum absolute atomic E-state index is 5.77. The van der Waals surface area contributed by atoms with Gasteiger partial charge in [0.25, 0.3) is 0 Å². The van der Waals surface area contributed by atoms with Gasteiger partial charge in [0.1, 0.15) is 5.82 Å². The average molecular weight is 284 g/mol. The highest BCUT2D eigenvalue weighted by Gasteiger charge is 2.27. The van der Waals surface area contributed by atoms with Crippen molar-refractivity contribution in [3.63, 3.8) is 0 Å². The van der Waals surface area contributed by atoms with E-state index in [1.54, 1.807) is 0 Å². The molecule has 0 saturated carbocycles. The fourth-order valence-corrected chi connectivity index (χ4v) is 2.59. The number of hydrogen-bond donors (Lipinski definition) is 1. The standard InChI is InChI=1S/C12H18BrN3/c1-8-6-16(7-9(8)2)12-10(4-14)3-11(13)5-15-12/h3,5,8-9H,4,6-7,14H2,1-2H3. The van der Waals surface area contributed by atoms with E-state index in [0.29, 0.717) is 6.54 Å². The van der Waals surface area contributed by atoms with Crippen LogP contribution in [0, 0.1) is 11.8 Å².